The maximum Gasteiger partial charge on any atom is 0.428 e. The molecule has 0 aromatic carbocycles. The van der Waals surface area contributed by atoms with Crippen molar-refractivity contribution in [3.05, 3.63) is 0 Å². The molecule has 0 N–H and O–H groups in total. The van der Waals surface area contributed by atoms with Crippen molar-refractivity contribution in [1.82, 2.24) is 0 Å². The number of rotatable bonds is 4. The number of hydrogen-bond acceptors (Lipinski definition) is 2. The van der Waals surface area contributed by atoms with Crippen molar-refractivity contribution in [1.29, 1.82) is 0 Å². The fraction of sp³-hybridized carbons (Fsp3) is 0.889. The van der Waals surface area contributed by atoms with Crippen LogP contribution in [-0.4, -0.2) is 24.9 Å². The highest BCUT2D eigenvalue weighted by molar-refractivity contribution is 5.76. The second-order valence-corrected chi connectivity index (χ2v) is 3.83. The number of hydrogen-bond donors (Lipinski definition) is 0. The van der Waals surface area contributed by atoms with Gasteiger partial charge < -0.3 is 4.74 Å². The maximum atomic E-state index is 12.1. The summed E-state index contributed by atoms with van der Waals surface area (Å²) in [7, 11) is 0. The van der Waals surface area contributed by atoms with E-state index in [0.29, 0.717) is 6.42 Å². The van der Waals surface area contributed by atoms with E-state index < -0.39 is 30.3 Å². The van der Waals surface area contributed by atoms with E-state index in [4.69, 9.17) is 0 Å². The monoisotopic (exact) mass is 230 g/mol. The molecule has 0 aliphatic heterocycles. The first-order valence-electron chi connectivity index (χ1n) is 4.49. The number of halogens is 4. The molecule has 0 aliphatic carbocycles. The molecule has 0 heterocycles. The van der Waals surface area contributed by atoms with Gasteiger partial charge in [-0.3, -0.25) is 4.79 Å². The third-order valence-corrected chi connectivity index (χ3v) is 2.19. The summed E-state index contributed by atoms with van der Waals surface area (Å²) < 4.78 is 52.3. The molecule has 0 saturated carbocycles. The van der Waals surface area contributed by atoms with Crippen LogP contribution < -0.4 is 0 Å². The molecule has 6 heteroatoms. The first kappa shape index (κ1) is 14.2. The van der Waals surface area contributed by atoms with Crippen molar-refractivity contribution in [2.45, 2.75) is 39.5 Å². The third-order valence-electron chi connectivity index (χ3n) is 2.19. The van der Waals surface area contributed by atoms with Crippen molar-refractivity contribution < 1.29 is 27.1 Å². The lowest BCUT2D eigenvalue weighted by Gasteiger charge is -2.25. The minimum Gasteiger partial charge on any atom is -0.449 e. The van der Waals surface area contributed by atoms with Crippen molar-refractivity contribution in [2.75, 3.05) is 6.67 Å². The molecule has 0 saturated heterocycles. The average Bonchev–Trinajstić information content (AvgIpc) is 2.11. The molecule has 0 radical (unpaired) electrons. The van der Waals surface area contributed by atoms with E-state index in [-0.39, 0.29) is 0 Å². The van der Waals surface area contributed by atoms with Crippen molar-refractivity contribution in [2.24, 2.45) is 5.41 Å². The van der Waals surface area contributed by atoms with E-state index in [1.807, 2.05) is 0 Å². The Morgan fingerprint density at radius 2 is 1.80 bits per heavy atom. The van der Waals surface area contributed by atoms with Crippen LogP contribution >= 0.6 is 0 Å². The molecule has 1 atom stereocenters. The number of esters is 1. The summed E-state index contributed by atoms with van der Waals surface area (Å²) in [5.41, 5.74) is -1.03. The Balaban J connectivity index is 4.52. The van der Waals surface area contributed by atoms with E-state index in [0.717, 1.165) is 0 Å². The van der Waals surface area contributed by atoms with Gasteiger partial charge in [-0.25, -0.2) is 4.39 Å². The lowest BCUT2D eigenvalue weighted by molar-refractivity contribution is -0.228. The zero-order valence-electron chi connectivity index (χ0n) is 8.82. The highest BCUT2D eigenvalue weighted by Gasteiger charge is 2.44. The highest BCUT2D eigenvalue weighted by Crippen LogP contribution is 2.28. The number of carbonyl (C=O) groups excluding carboxylic acids is 1. The number of alkyl halides is 4. The summed E-state index contributed by atoms with van der Waals surface area (Å²) in [4.78, 5) is 11.2. The van der Waals surface area contributed by atoms with Crippen LogP contribution in [0.2, 0.25) is 0 Å². The Morgan fingerprint density at radius 3 is 2.07 bits per heavy atom. The number of carbonyl (C=O) groups is 1. The van der Waals surface area contributed by atoms with Crippen molar-refractivity contribution in [3.8, 4) is 0 Å². The van der Waals surface area contributed by atoms with Crippen LogP contribution in [0, 0.1) is 5.41 Å². The first-order valence-corrected chi connectivity index (χ1v) is 4.49. The Hall–Kier alpha value is -0.810. The van der Waals surface area contributed by atoms with E-state index >= 15 is 0 Å². The lowest BCUT2D eigenvalue weighted by atomic mass is 9.90. The van der Waals surface area contributed by atoms with Crippen LogP contribution in [0.4, 0.5) is 17.6 Å². The molecular formula is C9H14F4O2. The van der Waals surface area contributed by atoms with Gasteiger partial charge in [0, 0.05) is 0 Å². The molecule has 0 aromatic rings. The third kappa shape index (κ3) is 4.05. The first-order chi connectivity index (χ1) is 6.65. The van der Waals surface area contributed by atoms with Gasteiger partial charge in [0.2, 0.25) is 6.10 Å². The molecule has 0 amide bonds. The molecule has 0 spiro atoms. The van der Waals surface area contributed by atoms with Gasteiger partial charge in [-0.15, -0.1) is 0 Å². The maximum absolute atomic E-state index is 12.1. The lowest BCUT2D eigenvalue weighted by Crippen LogP contribution is -2.39. The Morgan fingerprint density at radius 1 is 1.33 bits per heavy atom. The molecule has 1 unspecified atom stereocenters. The molecule has 0 aliphatic rings. The van der Waals surface area contributed by atoms with Gasteiger partial charge in [-0.05, 0) is 20.3 Å². The predicted octanol–water partition coefficient (Wildman–Crippen LogP) is 2.87. The van der Waals surface area contributed by atoms with Gasteiger partial charge in [0.1, 0.15) is 6.67 Å². The van der Waals surface area contributed by atoms with Gasteiger partial charge in [-0.1, -0.05) is 6.92 Å². The molecule has 0 fully saturated rings. The molecule has 0 bridgehead atoms. The van der Waals surface area contributed by atoms with E-state index in [2.05, 4.69) is 4.74 Å². The van der Waals surface area contributed by atoms with E-state index in [1.165, 1.54) is 13.8 Å². The summed E-state index contributed by atoms with van der Waals surface area (Å²) in [6.07, 6.45) is -7.19. The molecule has 90 valence electrons. The summed E-state index contributed by atoms with van der Waals surface area (Å²) in [6.45, 7) is 2.77. The summed E-state index contributed by atoms with van der Waals surface area (Å²) >= 11 is 0. The van der Waals surface area contributed by atoms with Crippen LogP contribution in [0.1, 0.15) is 27.2 Å². The molecule has 0 aromatic heterocycles. The second-order valence-electron chi connectivity index (χ2n) is 3.83. The fourth-order valence-electron chi connectivity index (χ4n) is 0.619. The number of ether oxygens (including phenoxy) is 1. The quantitative estimate of drug-likeness (QED) is 0.548. The van der Waals surface area contributed by atoms with Gasteiger partial charge in [0.25, 0.3) is 0 Å². The van der Waals surface area contributed by atoms with Crippen LogP contribution in [0.5, 0.6) is 0 Å². The smallest absolute Gasteiger partial charge is 0.428 e. The largest absolute Gasteiger partial charge is 0.449 e. The standard InChI is InChI=1S/C9H14F4O2/c1-4-8(2,3)7(14)15-6(5-10)9(11,12)13/h6H,4-5H2,1-3H3. The van der Waals surface area contributed by atoms with Gasteiger partial charge in [0.15, 0.2) is 0 Å². The van der Waals surface area contributed by atoms with Gasteiger partial charge in [0.05, 0.1) is 5.41 Å². The zero-order chi connectivity index (χ0) is 12.3. The van der Waals surface area contributed by atoms with Crippen LogP contribution in [0.15, 0.2) is 0 Å². The Labute approximate surface area is 85.6 Å². The topological polar surface area (TPSA) is 26.3 Å². The minimum absolute atomic E-state index is 0.322. The van der Waals surface area contributed by atoms with Gasteiger partial charge >= 0.3 is 12.1 Å². The van der Waals surface area contributed by atoms with Crippen molar-refractivity contribution >= 4 is 5.97 Å². The fourth-order valence-corrected chi connectivity index (χ4v) is 0.619. The summed E-state index contributed by atoms with van der Waals surface area (Å²) in [6, 6.07) is 0. The van der Waals surface area contributed by atoms with E-state index in [9.17, 15) is 22.4 Å². The molecule has 15 heavy (non-hydrogen) atoms. The van der Waals surface area contributed by atoms with E-state index in [1.54, 1.807) is 6.92 Å². The second kappa shape index (κ2) is 4.81. The van der Waals surface area contributed by atoms with Crippen LogP contribution in [0.3, 0.4) is 0 Å². The van der Waals surface area contributed by atoms with Crippen molar-refractivity contribution in [3.63, 3.8) is 0 Å². The molecular weight excluding hydrogens is 216 g/mol. The average molecular weight is 230 g/mol. The SMILES string of the molecule is CCC(C)(C)C(=O)OC(CF)C(F)(F)F. The Bertz CT molecular complexity index is 223. The van der Waals surface area contributed by atoms with Crippen LogP contribution in [-0.2, 0) is 9.53 Å². The summed E-state index contributed by atoms with van der Waals surface area (Å²) in [5.74, 6) is -1.04. The normalized spacial score (nSPS) is 14.9. The highest BCUT2D eigenvalue weighted by atomic mass is 19.4. The minimum atomic E-state index is -4.85. The Kier molecular flexibility index (Phi) is 4.55. The predicted molar refractivity (Wildman–Crippen MR) is 46.0 cm³/mol. The molecule has 0 rings (SSSR count). The van der Waals surface area contributed by atoms with Crippen LogP contribution in [0.25, 0.3) is 0 Å². The van der Waals surface area contributed by atoms with Gasteiger partial charge in [-0.2, -0.15) is 13.2 Å². The zero-order valence-corrected chi connectivity index (χ0v) is 8.82. The summed E-state index contributed by atoms with van der Waals surface area (Å²) in [5, 5.41) is 0. The molecule has 2 nitrogen and oxygen atoms in total.